The zero-order valence-corrected chi connectivity index (χ0v) is 36.0. The fourth-order valence-electron chi connectivity index (χ4n) is 7.02. The van der Waals surface area contributed by atoms with Gasteiger partial charge in [0.1, 0.15) is 6.10 Å². The van der Waals surface area contributed by atoms with Crippen LogP contribution in [0.1, 0.15) is 227 Å². The van der Waals surface area contributed by atoms with Crippen LogP contribution in [0.2, 0.25) is 0 Å². The molecule has 0 saturated carbocycles. The minimum Gasteiger partial charge on any atom is -0.465 e. The van der Waals surface area contributed by atoms with E-state index in [1.807, 2.05) is 6.92 Å². The van der Waals surface area contributed by atoms with Gasteiger partial charge in [0.25, 0.3) is 0 Å². The molecule has 0 aromatic rings. The Balaban J connectivity index is 3.99. The molecule has 0 aromatic heterocycles. The van der Waals surface area contributed by atoms with Crippen LogP contribution in [-0.4, -0.2) is 74.1 Å². The van der Waals surface area contributed by atoms with Crippen molar-refractivity contribution in [1.29, 1.82) is 0 Å². The van der Waals surface area contributed by atoms with Crippen LogP contribution in [0.3, 0.4) is 0 Å². The first-order valence-electron chi connectivity index (χ1n) is 23.2. The Hall–Kier alpha value is -1.18. The number of aliphatic hydroxyl groups is 1. The van der Waals surface area contributed by atoms with Crippen molar-refractivity contribution >= 4 is 11.9 Å². The molecule has 0 rings (SSSR count). The molecule has 0 heterocycles. The minimum absolute atomic E-state index is 0.00345. The van der Waals surface area contributed by atoms with Gasteiger partial charge in [0.2, 0.25) is 0 Å². The molecule has 0 amide bonds. The third-order valence-electron chi connectivity index (χ3n) is 10.6. The van der Waals surface area contributed by atoms with Crippen LogP contribution in [0.25, 0.3) is 0 Å². The van der Waals surface area contributed by atoms with Crippen LogP contribution in [0.5, 0.6) is 0 Å². The average Bonchev–Trinajstić information content (AvgIpc) is 3.15. The van der Waals surface area contributed by atoms with E-state index in [2.05, 4.69) is 25.7 Å². The number of nitrogens with zero attached hydrogens (tertiary/aromatic N) is 1. The monoisotopic (exact) mass is 754 g/mol. The van der Waals surface area contributed by atoms with Crippen LogP contribution < -0.4 is 0 Å². The summed E-state index contributed by atoms with van der Waals surface area (Å²) in [7, 11) is 0. The molecule has 0 aromatic carbocycles. The Labute approximate surface area is 329 Å². The normalized spacial score (nSPS) is 12.2. The van der Waals surface area contributed by atoms with Gasteiger partial charge in [-0.1, -0.05) is 149 Å². The predicted octanol–water partition coefficient (Wildman–Crippen LogP) is 12.5. The number of ether oxygens (including phenoxy) is 3. The highest BCUT2D eigenvalue weighted by atomic mass is 16.5. The molecular weight excluding hydrogens is 663 g/mol. The van der Waals surface area contributed by atoms with Gasteiger partial charge in [0.05, 0.1) is 25.7 Å². The highest BCUT2D eigenvalue weighted by Gasteiger charge is 2.16. The second-order valence-corrected chi connectivity index (χ2v) is 16.0. The summed E-state index contributed by atoms with van der Waals surface area (Å²) in [6.07, 6.45) is 36.6. The highest BCUT2D eigenvalue weighted by molar-refractivity contribution is 5.72. The van der Waals surface area contributed by atoms with Gasteiger partial charge >= 0.3 is 11.9 Å². The van der Waals surface area contributed by atoms with Crippen LogP contribution in [0.4, 0.5) is 0 Å². The second-order valence-electron chi connectivity index (χ2n) is 16.0. The third kappa shape index (κ3) is 37.5. The van der Waals surface area contributed by atoms with Crippen molar-refractivity contribution in [1.82, 2.24) is 4.90 Å². The number of esters is 2. The average molecular weight is 754 g/mol. The maximum Gasteiger partial charge on any atom is 0.310 e. The first kappa shape index (κ1) is 51.8. The predicted molar refractivity (Wildman–Crippen MR) is 224 cm³/mol. The summed E-state index contributed by atoms with van der Waals surface area (Å²) in [5.41, 5.74) is 0. The molecule has 1 unspecified atom stereocenters. The molecule has 1 atom stereocenters. The van der Waals surface area contributed by atoms with Crippen LogP contribution in [0, 0.1) is 5.92 Å². The van der Waals surface area contributed by atoms with Crippen LogP contribution in [-0.2, 0) is 23.8 Å². The van der Waals surface area contributed by atoms with Gasteiger partial charge in [0, 0.05) is 19.6 Å². The minimum atomic E-state index is -0.218. The summed E-state index contributed by atoms with van der Waals surface area (Å²) >= 11 is 0. The number of aliphatic hydroxyl groups excluding tert-OH is 1. The Morgan fingerprint density at radius 2 is 0.962 bits per heavy atom. The molecule has 0 bridgehead atoms. The Kier molecular flexibility index (Phi) is 41.0. The van der Waals surface area contributed by atoms with Crippen molar-refractivity contribution in [2.24, 2.45) is 5.92 Å². The lowest BCUT2D eigenvalue weighted by atomic mass is 10.0. The summed E-state index contributed by atoms with van der Waals surface area (Å²) in [4.78, 5) is 27.4. The van der Waals surface area contributed by atoms with E-state index in [1.54, 1.807) is 0 Å². The van der Waals surface area contributed by atoms with Crippen molar-refractivity contribution in [3.05, 3.63) is 0 Å². The summed E-state index contributed by atoms with van der Waals surface area (Å²) in [5.74, 6) is -0.371. The molecular formula is C46H91NO6. The summed E-state index contributed by atoms with van der Waals surface area (Å²) in [5, 5.41) is 9.56. The molecule has 316 valence electrons. The van der Waals surface area contributed by atoms with E-state index in [0.717, 1.165) is 90.3 Å². The van der Waals surface area contributed by atoms with E-state index in [1.165, 1.54) is 122 Å². The number of carbonyl (C=O) groups excluding carboxylic acids is 2. The van der Waals surface area contributed by atoms with Gasteiger partial charge in [-0.25, -0.2) is 0 Å². The number of hydrogen-bond donors (Lipinski definition) is 1. The molecule has 0 fully saturated rings. The van der Waals surface area contributed by atoms with Gasteiger partial charge in [-0.15, -0.1) is 0 Å². The molecule has 7 nitrogen and oxygen atoms in total. The lowest BCUT2D eigenvalue weighted by Gasteiger charge is -2.21. The maximum absolute atomic E-state index is 12.7. The number of hydrogen-bond acceptors (Lipinski definition) is 7. The fraction of sp³-hybridized carbons (Fsp3) is 0.957. The van der Waals surface area contributed by atoms with E-state index in [4.69, 9.17) is 14.2 Å². The standard InChI is InChI=1S/C46H91NO6/c1-5-8-11-14-17-18-24-31-40-51-42-43(4)46(50)52-41-32-25-30-37-47(38-39-48)36-29-23-19-22-28-35-45(49)53-44(33-26-20-15-12-9-6-2)34-27-21-16-13-10-7-3/h43-44,48H,5-42H2,1-4H3. The molecule has 1 N–H and O–H groups in total. The zero-order chi connectivity index (χ0) is 38.9. The molecule has 0 radical (unpaired) electrons. The van der Waals surface area contributed by atoms with Crippen LogP contribution >= 0.6 is 0 Å². The number of carbonyl (C=O) groups is 2. The molecule has 0 aliphatic carbocycles. The maximum atomic E-state index is 12.7. The third-order valence-corrected chi connectivity index (χ3v) is 10.6. The first-order chi connectivity index (χ1) is 26.0. The Bertz CT molecular complexity index is 748. The van der Waals surface area contributed by atoms with E-state index in [-0.39, 0.29) is 30.6 Å². The number of rotatable bonds is 43. The van der Waals surface area contributed by atoms with Gasteiger partial charge in [-0.2, -0.15) is 0 Å². The van der Waals surface area contributed by atoms with E-state index in [0.29, 0.717) is 26.2 Å². The number of unbranched alkanes of at least 4 members (excludes halogenated alkanes) is 23. The summed E-state index contributed by atoms with van der Waals surface area (Å²) < 4.78 is 17.3. The van der Waals surface area contributed by atoms with Gasteiger partial charge < -0.3 is 24.2 Å². The van der Waals surface area contributed by atoms with Crippen molar-refractivity contribution in [3.63, 3.8) is 0 Å². The van der Waals surface area contributed by atoms with Gasteiger partial charge in [0.15, 0.2) is 0 Å². The van der Waals surface area contributed by atoms with Crippen molar-refractivity contribution in [3.8, 4) is 0 Å². The van der Waals surface area contributed by atoms with Crippen molar-refractivity contribution < 1.29 is 28.9 Å². The van der Waals surface area contributed by atoms with Crippen molar-refractivity contribution in [2.75, 3.05) is 46.1 Å². The first-order valence-corrected chi connectivity index (χ1v) is 23.2. The quantitative estimate of drug-likeness (QED) is 0.0490. The lowest BCUT2D eigenvalue weighted by Crippen LogP contribution is -2.29. The van der Waals surface area contributed by atoms with Gasteiger partial charge in [-0.05, 0) is 84.2 Å². The zero-order valence-electron chi connectivity index (χ0n) is 36.0. The fourth-order valence-corrected chi connectivity index (χ4v) is 7.02. The molecule has 0 aliphatic heterocycles. The lowest BCUT2D eigenvalue weighted by molar-refractivity contribution is -0.151. The van der Waals surface area contributed by atoms with E-state index in [9.17, 15) is 14.7 Å². The SMILES string of the molecule is CCCCCCCCCCOCC(C)C(=O)OCCCCCN(CCO)CCCCCCCC(=O)OC(CCCCCCCC)CCCCCCCC. The summed E-state index contributed by atoms with van der Waals surface area (Å²) in [6.45, 7) is 13.1. The molecule has 0 aliphatic rings. The van der Waals surface area contributed by atoms with Crippen LogP contribution in [0.15, 0.2) is 0 Å². The Morgan fingerprint density at radius 1 is 0.528 bits per heavy atom. The molecule has 7 heteroatoms. The molecule has 0 spiro atoms. The van der Waals surface area contributed by atoms with Gasteiger partial charge in [-0.3, -0.25) is 9.59 Å². The largest absolute Gasteiger partial charge is 0.465 e. The Morgan fingerprint density at radius 3 is 1.49 bits per heavy atom. The topological polar surface area (TPSA) is 85.3 Å². The second kappa shape index (κ2) is 42.0. The van der Waals surface area contributed by atoms with Crippen molar-refractivity contribution in [2.45, 2.75) is 233 Å². The molecule has 53 heavy (non-hydrogen) atoms. The molecule has 0 saturated heterocycles. The van der Waals surface area contributed by atoms with E-state index >= 15 is 0 Å². The smallest absolute Gasteiger partial charge is 0.310 e. The van der Waals surface area contributed by atoms with E-state index < -0.39 is 0 Å². The summed E-state index contributed by atoms with van der Waals surface area (Å²) in [6, 6.07) is 0. The highest BCUT2D eigenvalue weighted by Crippen LogP contribution is 2.18.